The summed E-state index contributed by atoms with van der Waals surface area (Å²) in [4.78, 5) is 0. The number of rotatable bonds is 6. The molecule has 0 fully saturated rings. The van der Waals surface area contributed by atoms with Gasteiger partial charge in [-0.1, -0.05) is 267 Å². The quantitative estimate of drug-likeness (QED) is 0.146. The van der Waals surface area contributed by atoms with E-state index in [1.165, 1.54) is 153 Å². The van der Waals surface area contributed by atoms with Crippen LogP contribution in [0.5, 0.6) is 0 Å². The first kappa shape index (κ1) is 42.1. The molecular weight excluding hydrogens is 889 g/mol. The molecule has 342 valence electrons. The zero-order valence-corrected chi connectivity index (χ0v) is 40.6. The zero-order valence-electron chi connectivity index (χ0n) is 40.6. The Morgan fingerprint density at radius 2 is 0.351 bits per heavy atom. The second-order valence-electron chi connectivity index (χ2n) is 19.8. The number of fused-ring (bicyclic) bond motifs is 8. The lowest BCUT2D eigenvalue weighted by Gasteiger charge is -2.21. The lowest BCUT2D eigenvalue weighted by molar-refractivity contribution is 1.61. The van der Waals surface area contributed by atoms with Gasteiger partial charge in [0, 0.05) is 0 Å². The molecule has 0 saturated heterocycles. The molecule has 0 bridgehead atoms. The highest BCUT2D eigenvalue weighted by Gasteiger charge is 2.22. The van der Waals surface area contributed by atoms with Crippen LogP contribution in [0, 0.1) is 0 Å². The van der Waals surface area contributed by atoms with Gasteiger partial charge < -0.3 is 0 Å². The lowest BCUT2D eigenvalue weighted by Crippen LogP contribution is -1.93. The first-order chi connectivity index (χ1) is 36.7. The molecule has 0 atom stereocenters. The molecule has 15 aromatic rings. The Morgan fingerprint density at radius 1 is 0.135 bits per heavy atom. The van der Waals surface area contributed by atoms with Crippen molar-refractivity contribution >= 4 is 86.2 Å². The minimum Gasteiger partial charge on any atom is -0.0616 e. The van der Waals surface area contributed by atoms with Crippen molar-refractivity contribution in [2.24, 2.45) is 0 Å². The maximum Gasteiger partial charge on any atom is -0.00199 e. The molecule has 0 aromatic heterocycles. The maximum atomic E-state index is 2.45. The van der Waals surface area contributed by atoms with Crippen LogP contribution < -0.4 is 0 Å². The zero-order chi connectivity index (χ0) is 48.7. The maximum absolute atomic E-state index is 2.45. The molecule has 74 heavy (non-hydrogen) atoms. The van der Waals surface area contributed by atoms with Crippen LogP contribution in [0.3, 0.4) is 0 Å². The summed E-state index contributed by atoms with van der Waals surface area (Å²) in [6.45, 7) is 0. The molecule has 15 rings (SSSR count). The predicted molar refractivity (Wildman–Crippen MR) is 319 cm³/mol. The SMILES string of the molecule is c1ccc2c(-c3c4ccccc4c(-c4cccc5ccccc45)c4cc(-c5ccc(-c6ccc7c(-c8cccc9ccccc89)c8ccccc8c(-c8cccc9ccccc89)c7c6)cc5)ccc34)cccc2c1. The molecule has 0 nitrogen and oxygen atoms in total. The Bertz CT molecular complexity index is 4440. The van der Waals surface area contributed by atoms with E-state index in [0.717, 1.165) is 0 Å². The first-order valence-electron chi connectivity index (χ1n) is 25.7. The number of hydrogen-bond acceptors (Lipinski definition) is 0. The van der Waals surface area contributed by atoms with Crippen LogP contribution >= 0.6 is 0 Å². The van der Waals surface area contributed by atoms with Crippen LogP contribution in [0.25, 0.3) is 153 Å². The third-order valence-electron chi connectivity index (χ3n) is 15.8. The summed E-state index contributed by atoms with van der Waals surface area (Å²) < 4.78 is 0. The first-order valence-corrected chi connectivity index (χ1v) is 25.7. The van der Waals surface area contributed by atoms with Gasteiger partial charge in [-0.3, -0.25) is 0 Å². The largest absolute Gasteiger partial charge is 0.0616 e. The fraction of sp³-hybridized carbons (Fsp3) is 0. The lowest BCUT2D eigenvalue weighted by atomic mass is 9.82. The van der Waals surface area contributed by atoms with Crippen LogP contribution in [0.1, 0.15) is 0 Å². The van der Waals surface area contributed by atoms with Gasteiger partial charge in [-0.2, -0.15) is 0 Å². The van der Waals surface area contributed by atoms with Crippen LogP contribution in [0.15, 0.2) is 279 Å². The molecule has 0 N–H and O–H groups in total. The Labute approximate surface area is 429 Å². The van der Waals surface area contributed by atoms with E-state index < -0.39 is 0 Å². The third kappa shape index (κ3) is 6.62. The summed E-state index contributed by atoms with van der Waals surface area (Å²) in [6, 6.07) is 104. The highest BCUT2D eigenvalue weighted by atomic mass is 14.3. The van der Waals surface area contributed by atoms with Gasteiger partial charge in [0.15, 0.2) is 0 Å². The second-order valence-corrected chi connectivity index (χ2v) is 19.8. The van der Waals surface area contributed by atoms with Crippen LogP contribution in [0.4, 0.5) is 0 Å². The molecule has 0 radical (unpaired) electrons. The molecule has 0 unspecified atom stereocenters. The van der Waals surface area contributed by atoms with Crippen molar-refractivity contribution in [1.29, 1.82) is 0 Å². The van der Waals surface area contributed by atoms with Crippen molar-refractivity contribution in [3.05, 3.63) is 279 Å². The summed E-state index contributed by atoms with van der Waals surface area (Å²) in [5.41, 5.74) is 14.8. The summed E-state index contributed by atoms with van der Waals surface area (Å²) in [5.74, 6) is 0. The van der Waals surface area contributed by atoms with E-state index in [9.17, 15) is 0 Å². The topological polar surface area (TPSA) is 0 Å². The van der Waals surface area contributed by atoms with E-state index in [2.05, 4.69) is 279 Å². The average molecular weight is 935 g/mol. The van der Waals surface area contributed by atoms with Crippen molar-refractivity contribution in [2.45, 2.75) is 0 Å². The summed E-state index contributed by atoms with van der Waals surface area (Å²) in [6.07, 6.45) is 0. The van der Waals surface area contributed by atoms with Gasteiger partial charge in [-0.05, 0) is 165 Å². The molecule has 0 aliphatic carbocycles. The third-order valence-corrected chi connectivity index (χ3v) is 15.8. The summed E-state index contributed by atoms with van der Waals surface area (Å²) >= 11 is 0. The fourth-order valence-corrected chi connectivity index (χ4v) is 12.5. The van der Waals surface area contributed by atoms with E-state index in [0.29, 0.717) is 0 Å². The van der Waals surface area contributed by atoms with E-state index in [1.807, 2.05) is 0 Å². The smallest absolute Gasteiger partial charge is 0.00199 e. The van der Waals surface area contributed by atoms with Crippen LogP contribution in [-0.2, 0) is 0 Å². The summed E-state index contributed by atoms with van der Waals surface area (Å²) in [7, 11) is 0. The van der Waals surface area contributed by atoms with Gasteiger partial charge in [-0.15, -0.1) is 0 Å². The van der Waals surface area contributed by atoms with E-state index in [-0.39, 0.29) is 0 Å². The molecule has 0 aliphatic rings. The van der Waals surface area contributed by atoms with Gasteiger partial charge >= 0.3 is 0 Å². The van der Waals surface area contributed by atoms with E-state index >= 15 is 0 Å². The molecule has 0 amide bonds. The van der Waals surface area contributed by atoms with Gasteiger partial charge in [0.1, 0.15) is 0 Å². The van der Waals surface area contributed by atoms with Crippen LogP contribution in [-0.4, -0.2) is 0 Å². The standard InChI is InChI=1S/C74H46/c1-5-25-55-49(17-1)21-13-33-59(55)71-63-29-9-11-31-65(63)73(61-35-15-23-51-19-3-7-27-57(51)61)69-45-53(41-43-67(69)71)47-37-39-48(40-38-47)54-42-44-68-70(46-54)74(62-36-16-24-52-20-4-8-28-58(52)62)66-32-12-10-30-64(66)72(68)60-34-14-22-50-18-2-6-26-56(50)60/h1-46H. The Hall–Kier alpha value is -9.62. The van der Waals surface area contributed by atoms with Crippen LogP contribution in [0.2, 0.25) is 0 Å². The van der Waals surface area contributed by atoms with Crippen molar-refractivity contribution in [1.82, 2.24) is 0 Å². The molecule has 15 aromatic carbocycles. The molecule has 0 saturated carbocycles. The minimum atomic E-state index is 1.18. The fourth-order valence-electron chi connectivity index (χ4n) is 12.5. The molecule has 0 aliphatic heterocycles. The highest BCUT2D eigenvalue weighted by Crippen LogP contribution is 2.50. The van der Waals surface area contributed by atoms with Crippen molar-refractivity contribution in [3.8, 4) is 66.8 Å². The Balaban J connectivity index is 0.939. The van der Waals surface area contributed by atoms with Gasteiger partial charge in [0.2, 0.25) is 0 Å². The van der Waals surface area contributed by atoms with Gasteiger partial charge in [0.05, 0.1) is 0 Å². The average Bonchev–Trinajstić information content (AvgIpc) is 3.47. The Morgan fingerprint density at radius 3 is 0.649 bits per heavy atom. The van der Waals surface area contributed by atoms with Crippen molar-refractivity contribution in [3.63, 3.8) is 0 Å². The Kier molecular flexibility index (Phi) is 9.68. The molecule has 0 heteroatoms. The molecular formula is C74H46. The molecule has 0 heterocycles. The second kappa shape index (κ2) is 17.0. The van der Waals surface area contributed by atoms with Crippen molar-refractivity contribution < 1.29 is 0 Å². The number of benzene rings is 15. The van der Waals surface area contributed by atoms with E-state index in [4.69, 9.17) is 0 Å². The van der Waals surface area contributed by atoms with Gasteiger partial charge in [-0.25, -0.2) is 0 Å². The van der Waals surface area contributed by atoms with E-state index in [1.54, 1.807) is 0 Å². The van der Waals surface area contributed by atoms with Gasteiger partial charge in [0.25, 0.3) is 0 Å². The minimum absolute atomic E-state index is 1.18. The summed E-state index contributed by atoms with van der Waals surface area (Å²) in [5, 5.41) is 20.0. The molecule has 0 spiro atoms. The van der Waals surface area contributed by atoms with Crippen molar-refractivity contribution in [2.75, 3.05) is 0 Å². The highest BCUT2D eigenvalue weighted by molar-refractivity contribution is 6.27. The number of hydrogen-bond donors (Lipinski definition) is 0. The predicted octanol–water partition coefficient (Wildman–Crippen LogP) is 20.9. The monoisotopic (exact) mass is 934 g/mol. The normalized spacial score (nSPS) is 11.8.